The van der Waals surface area contributed by atoms with Gasteiger partial charge in [0.05, 0.1) is 10.4 Å². The molecule has 0 aliphatic heterocycles. The van der Waals surface area contributed by atoms with Gasteiger partial charge in [-0.25, -0.2) is 13.1 Å². The molecular weight excluding hydrogens is 326 g/mol. The average Bonchev–Trinajstić information content (AvgIpc) is 2.56. The van der Waals surface area contributed by atoms with Crippen molar-refractivity contribution in [1.82, 2.24) is 4.72 Å². The van der Waals surface area contributed by atoms with E-state index in [9.17, 15) is 8.42 Å². The largest absolute Gasteiger partial charge is 0.380 e. The van der Waals surface area contributed by atoms with E-state index in [4.69, 9.17) is 4.74 Å². The van der Waals surface area contributed by atoms with Crippen LogP contribution in [0.4, 0.5) is 0 Å². The van der Waals surface area contributed by atoms with E-state index in [2.05, 4.69) is 20.7 Å². The van der Waals surface area contributed by atoms with Crippen molar-refractivity contribution in [3.05, 3.63) is 15.4 Å². The van der Waals surface area contributed by atoms with Gasteiger partial charge in [-0.1, -0.05) is 0 Å². The molecule has 0 aliphatic carbocycles. The summed E-state index contributed by atoms with van der Waals surface area (Å²) in [7, 11) is -3.43. The number of rotatable bonds is 6. The van der Waals surface area contributed by atoms with Crippen LogP contribution in [0, 0.1) is 6.92 Å². The number of nitrogens with one attached hydrogen (secondary N) is 1. The maximum absolute atomic E-state index is 12.0. The predicted molar refractivity (Wildman–Crippen MR) is 73.0 cm³/mol. The highest BCUT2D eigenvalue weighted by atomic mass is 79.9. The van der Waals surface area contributed by atoms with Crippen LogP contribution < -0.4 is 4.72 Å². The molecule has 0 radical (unpaired) electrons. The van der Waals surface area contributed by atoms with Gasteiger partial charge < -0.3 is 4.74 Å². The molecule has 0 aliphatic rings. The van der Waals surface area contributed by atoms with E-state index in [0.717, 1.165) is 9.35 Å². The van der Waals surface area contributed by atoms with E-state index < -0.39 is 10.0 Å². The lowest BCUT2D eigenvalue weighted by Gasteiger charge is -2.12. The third kappa shape index (κ3) is 4.33. The third-order valence-corrected chi connectivity index (χ3v) is 6.23. The maximum Gasteiger partial charge on any atom is 0.250 e. The highest BCUT2D eigenvalue weighted by Gasteiger charge is 2.20. The third-order valence-electron chi connectivity index (χ3n) is 2.03. The molecule has 1 aromatic rings. The molecule has 0 amide bonds. The summed E-state index contributed by atoms with van der Waals surface area (Å²) in [5.74, 6) is 0. The molecule has 1 unspecified atom stereocenters. The van der Waals surface area contributed by atoms with Gasteiger partial charge in [0.15, 0.2) is 0 Å². The Hall–Kier alpha value is 0.0500. The molecule has 1 aromatic heterocycles. The Morgan fingerprint density at radius 3 is 2.71 bits per heavy atom. The second kappa shape index (κ2) is 6.29. The van der Waals surface area contributed by atoms with Gasteiger partial charge in [-0.2, -0.15) is 0 Å². The lowest BCUT2D eigenvalue weighted by molar-refractivity contribution is 0.133. The van der Waals surface area contributed by atoms with Gasteiger partial charge in [0.1, 0.15) is 4.21 Å². The monoisotopic (exact) mass is 341 g/mol. The summed E-state index contributed by atoms with van der Waals surface area (Å²) in [6.45, 7) is 6.48. The fourth-order valence-electron chi connectivity index (χ4n) is 1.22. The van der Waals surface area contributed by atoms with Gasteiger partial charge >= 0.3 is 0 Å². The van der Waals surface area contributed by atoms with Gasteiger partial charge in [0.2, 0.25) is 10.0 Å². The number of halogens is 1. The van der Waals surface area contributed by atoms with Crippen LogP contribution in [0.3, 0.4) is 0 Å². The normalized spacial score (nSPS) is 13.9. The van der Waals surface area contributed by atoms with E-state index in [1.54, 1.807) is 13.0 Å². The quantitative estimate of drug-likeness (QED) is 0.864. The molecular formula is C10H16BrNO3S2. The Morgan fingerprint density at radius 1 is 1.59 bits per heavy atom. The Kier molecular flexibility index (Phi) is 5.59. The minimum Gasteiger partial charge on any atom is -0.380 e. The zero-order valence-electron chi connectivity index (χ0n) is 9.99. The molecule has 0 fully saturated rings. The number of hydrogen-bond acceptors (Lipinski definition) is 4. The van der Waals surface area contributed by atoms with Crippen molar-refractivity contribution >= 4 is 37.3 Å². The van der Waals surface area contributed by atoms with Crippen molar-refractivity contribution < 1.29 is 13.2 Å². The number of aryl methyl sites for hydroxylation is 1. The zero-order valence-corrected chi connectivity index (χ0v) is 13.2. The Morgan fingerprint density at radius 2 is 2.24 bits per heavy atom. The van der Waals surface area contributed by atoms with Crippen LogP contribution in [-0.4, -0.2) is 27.7 Å². The summed E-state index contributed by atoms with van der Waals surface area (Å²) < 4.78 is 32.9. The van der Waals surface area contributed by atoms with E-state index in [0.29, 0.717) is 17.4 Å². The van der Waals surface area contributed by atoms with E-state index >= 15 is 0 Å². The van der Waals surface area contributed by atoms with Crippen molar-refractivity contribution in [2.24, 2.45) is 0 Å². The van der Waals surface area contributed by atoms with Crippen LogP contribution in [0.2, 0.25) is 0 Å². The molecule has 0 saturated carbocycles. The summed E-state index contributed by atoms with van der Waals surface area (Å²) in [6, 6.07) is 1.42. The van der Waals surface area contributed by atoms with Crippen LogP contribution >= 0.6 is 27.3 Å². The molecule has 0 bridgehead atoms. The first-order valence-electron chi connectivity index (χ1n) is 5.22. The van der Waals surface area contributed by atoms with E-state index in [1.165, 1.54) is 11.3 Å². The highest BCUT2D eigenvalue weighted by Crippen LogP contribution is 2.30. The molecule has 17 heavy (non-hydrogen) atoms. The van der Waals surface area contributed by atoms with Crippen LogP contribution in [0.15, 0.2) is 14.1 Å². The first kappa shape index (κ1) is 15.1. The minimum absolute atomic E-state index is 0.235. The first-order valence-corrected chi connectivity index (χ1v) is 8.32. The summed E-state index contributed by atoms with van der Waals surface area (Å²) in [5.41, 5.74) is 0.924. The maximum atomic E-state index is 12.0. The predicted octanol–water partition coefficient (Wildman–Crippen LogP) is 2.52. The molecule has 0 spiro atoms. The molecule has 98 valence electrons. The fourth-order valence-corrected chi connectivity index (χ4v) is 4.69. The topological polar surface area (TPSA) is 55.4 Å². The Bertz CT molecular complexity index is 450. The average molecular weight is 342 g/mol. The smallest absolute Gasteiger partial charge is 0.250 e. The summed E-state index contributed by atoms with van der Waals surface area (Å²) >= 11 is 4.53. The summed E-state index contributed by atoms with van der Waals surface area (Å²) in [6.07, 6.45) is 0. The van der Waals surface area contributed by atoms with Crippen molar-refractivity contribution in [3.63, 3.8) is 0 Å². The number of sulfonamides is 1. The molecule has 7 heteroatoms. The molecule has 0 aromatic carbocycles. The van der Waals surface area contributed by atoms with Crippen LogP contribution in [0.5, 0.6) is 0 Å². The Balaban J connectivity index is 2.75. The molecule has 4 nitrogen and oxygen atoms in total. The van der Waals surface area contributed by atoms with Gasteiger partial charge in [0.25, 0.3) is 0 Å². The molecule has 0 saturated heterocycles. The van der Waals surface area contributed by atoms with Gasteiger partial charge in [-0.3, -0.25) is 0 Å². The van der Waals surface area contributed by atoms with E-state index in [1.807, 2.05) is 13.8 Å². The van der Waals surface area contributed by atoms with Crippen molar-refractivity contribution in [2.75, 3.05) is 13.2 Å². The molecule has 1 heterocycles. The molecule has 1 rings (SSSR count). The van der Waals surface area contributed by atoms with Gasteiger partial charge in [-0.05, 0) is 48.3 Å². The zero-order chi connectivity index (χ0) is 13.1. The van der Waals surface area contributed by atoms with E-state index in [-0.39, 0.29) is 6.04 Å². The summed E-state index contributed by atoms with van der Waals surface area (Å²) in [5, 5.41) is 0. The molecule has 1 atom stereocenters. The lowest BCUT2D eigenvalue weighted by Crippen LogP contribution is -2.35. The second-order valence-corrected chi connectivity index (χ2v) is 8.01. The van der Waals surface area contributed by atoms with Crippen LogP contribution in [-0.2, 0) is 14.8 Å². The van der Waals surface area contributed by atoms with Crippen molar-refractivity contribution in [2.45, 2.75) is 31.0 Å². The summed E-state index contributed by atoms with van der Waals surface area (Å²) in [4.78, 5) is 0. The number of ether oxygens (including phenoxy) is 1. The minimum atomic E-state index is -3.43. The van der Waals surface area contributed by atoms with Gasteiger partial charge in [-0.15, -0.1) is 11.3 Å². The van der Waals surface area contributed by atoms with Crippen molar-refractivity contribution in [3.8, 4) is 0 Å². The van der Waals surface area contributed by atoms with Gasteiger partial charge in [0, 0.05) is 12.6 Å². The first-order chi connectivity index (χ1) is 7.86. The SMILES string of the molecule is CCOCC(C)NS(=O)(=O)c1cc(C)c(Br)s1. The van der Waals surface area contributed by atoms with Crippen LogP contribution in [0.25, 0.3) is 0 Å². The number of thiophene rings is 1. The highest BCUT2D eigenvalue weighted by molar-refractivity contribution is 9.11. The standard InChI is InChI=1S/C10H16BrNO3S2/c1-4-15-6-8(3)12-17(13,14)9-5-7(2)10(11)16-9/h5,8,12H,4,6H2,1-3H3. The van der Waals surface area contributed by atoms with Crippen molar-refractivity contribution in [1.29, 1.82) is 0 Å². The molecule has 1 N–H and O–H groups in total. The second-order valence-electron chi connectivity index (χ2n) is 3.70. The van der Waals surface area contributed by atoms with Crippen LogP contribution in [0.1, 0.15) is 19.4 Å². The lowest BCUT2D eigenvalue weighted by atomic mass is 10.4. The Labute approximate surface area is 115 Å². The number of hydrogen-bond donors (Lipinski definition) is 1. The fraction of sp³-hybridized carbons (Fsp3) is 0.600.